The van der Waals surface area contributed by atoms with Crippen LogP contribution in [0.2, 0.25) is 0 Å². The van der Waals surface area contributed by atoms with Crippen molar-refractivity contribution in [3.63, 3.8) is 0 Å². The largest absolute Gasteiger partial charge is 0.453 e. The molecule has 1 aliphatic carbocycles. The summed E-state index contributed by atoms with van der Waals surface area (Å²) in [7, 11) is 1.27. The number of hydrogen-bond donors (Lipinski definition) is 1. The minimum absolute atomic E-state index is 0.207. The van der Waals surface area contributed by atoms with Crippen LogP contribution in [0, 0.1) is 0 Å². The van der Waals surface area contributed by atoms with Crippen molar-refractivity contribution in [3.05, 3.63) is 59.7 Å². The van der Waals surface area contributed by atoms with Crippen molar-refractivity contribution in [2.24, 2.45) is 0 Å². The molecule has 0 unspecified atom stereocenters. The van der Waals surface area contributed by atoms with Crippen LogP contribution in [0.1, 0.15) is 44.9 Å². The van der Waals surface area contributed by atoms with Gasteiger partial charge in [-0.2, -0.15) is 0 Å². The van der Waals surface area contributed by atoms with Crippen molar-refractivity contribution in [2.75, 3.05) is 46.4 Å². The molecule has 1 atom stereocenters. The van der Waals surface area contributed by atoms with Crippen LogP contribution in [0.4, 0.5) is 14.4 Å². The highest BCUT2D eigenvalue weighted by molar-refractivity contribution is 5.89. The quantitative estimate of drug-likeness (QED) is 0.525. The van der Waals surface area contributed by atoms with Gasteiger partial charge in [0.15, 0.2) is 0 Å². The van der Waals surface area contributed by atoms with Gasteiger partial charge in [0.2, 0.25) is 5.91 Å². The van der Waals surface area contributed by atoms with E-state index < -0.39 is 36.0 Å². The van der Waals surface area contributed by atoms with Crippen LogP contribution in [0.25, 0.3) is 11.1 Å². The van der Waals surface area contributed by atoms with Crippen molar-refractivity contribution in [1.82, 2.24) is 20.0 Å². The zero-order chi connectivity index (χ0) is 29.7. The molecule has 2 aromatic rings. The lowest BCUT2D eigenvalue weighted by Gasteiger charge is -2.40. The zero-order valence-electron chi connectivity index (χ0n) is 24.2. The molecule has 0 bridgehead atoms. The Kier molecular flexibility index (Phi) is 9.05. The van der Waals surface area contributed by atoms with Crippen molar-refractivity contribution in [2.45, 2.75) is 45.4 Å². The second-order valence-corrected chi connectivity index (χ2v) is 10.9. The van der Waals surface area contributed by atoms with E-state index in [9.17, 15) is 19.2 Å². The lowest BCUT2D eigenvalue weighted by molar-refractivity contribution is -0.138. The van der Waals surface area contributed by atoms with E-state index in [4.69, 9.17) is 14.2 Å². The first-order valence-electron chi connectivity index (χ1n) is 13.8. The van der Waals surface area contributed by atoms with E-state index in [1.165, 1.54) is 12.0 Å². The van der Waals surface area contributed by atoms with E-state index in [-0.39, 0.29) is 45.2 Å². The van der Waals surface area contributed by atoms with E-state index in [0.717, 1.165) is 22.3 Å². The minimum Gasteiger partial charge on any atom is -0.453 e. The molecular weight excluding hydrogens is 528 g/mol. The number of ether oxygens (including phenoxy) is 3. The zero-order valence-corrected chi connectivity index (χ0v) is 24.2. The molecule has 1 aliphatic heterocycles. The van der Waals surface area contributed by atoms with Crippen LogP contribution in [0.5, 0.6) is 0 Å². The lowest BCUT2D eigenvalue weighted by atomic mass is 10.0. The van der Waals surface area contributed by atoms with E-state index in [0.29, 0.717) is 0 Å². The number of benzene rings is 2. The summed E-state index contributed by atoms with van der Waals surface area (Å²) >= 11 is 0. The number of fused-ring (bicyclic) bond motifs is 3. The van der Waals surface area contributed by atoms with Gasteiger partial charge in [-0.1, -0.05) is 48.5 Å². The van der Waals surface area contributed by atoms with Gasteiger partial charge < -0.3 is 29.3 Å². The van der Waals surface area contributed by atoms with Gasteiger partial charge in [-0.25, -0.2) is 14.4 Å². The standard InChI is InChI=1S/C30H38N4O7/c1-6-40-28(37)33-17-15-32(16-18-33)26(35)24(19-31-27(36)41-30(2,3)4)34(29(38)39-5)25-22-13-9-7-11-20(22)21-12-8-10-14-23(21)25/h7-14,24-25H,6,15-19H2,1-5H3,(H,31,36)/t24-/m0/s1. The molecule has 11 nitrogen and oxygen atoms in total. The van der Waals surface area contributed by atoms with Gasteiger partial charge >= 0.3 is 18.3 Å². The number of alkyl carbamates (subject to hydrolysis) is 1. The highest BCUT2D eigenvalue weighted by Gasteiger charge is 2.44. The van der Waals surface area contributed by atoms with E-state index in [2.05, 4.69) is 5.32 Å². The number of nitrogens with one attached hydrogen (secondary N) is 1. The molecule has 220 valence electrons. The maximum absolute atomic E-state index is 14.2. The van der Waals surface area contributed by atoms with Crippen molar-refractivity contribution in [1.29, 1.82) is 0 Å². The SMILES string of the molecule is CCOC(=O)N1CCN(C(=O)[C@H](CNC(=O)OC(C)(C)C)N(C(=O)OC)C2c3ccccc3-c3ccccc32)CC1. The Hall–Kier alpha value is -4.28. The molecule has 1 heterocycles. The van der Waals surface area contributed by atoms with Gasteiger partial charge in [-0.05, 0) is 49.9 Å². The molecule has 2 aromatic carbocycles. The Morgan fingerprint density at radius 3 is 1.98 bits per heavy atom. The fourth-order valence-corrected chi connectivity index (χ4v) is 5.28. The van der Waals surface area contributed by atoms with Crippen LogP contribution in [0.3, 0.4) is 0 Å². The first kappa shape index (κ1) is 29.7. The maximum Gasteiger partial charge on any atom is 0.411 e. The van der Waals surface area contributed by atoms with E-state index in [1.54, 1.807) is 37.5 Å². The highest BCUT2D eigenvalue weighted by Crippen LogP contribution is 2.47. The third kappa shape index (κ3) is 6.55. The monoisotopic (exact) mass is 566 g/mol. The second-order valence-electron chi connectivity index (χ2n) is 10.9. The van der Waals surface area contributed by atoms with Crippen LogP contribution in [-0.4, -0.2) is 97.0 Å². The molecule has 4 rings (SSSR count). The van der Waals surface area contributed by atoms with Crippen molar-refractivity contribution in [3.8, 4) is 11.1 Å². The Labute approximate surface area is 240 Å². The summed E-state index contributed by atoms with van der Waals surface area (Å²) in [6.07, 6.45) is -1.85. The molecule has 1 saturated heterocycles. The molecular formula is C30H38N4O7. The molecule has 0 spiro atoms. The summed E-state index contributed by atoms with van der Waals surface area (Å²) in [6, 6.07) is 13.7. The summed E-state index contributed by atoms with van der Waals surface area (Å²) in [5.74, 6) is -0.378. The Morgan fingerprint density at radius 2 is 1.46 bits per heavy atom. The van der Waals surface area contributed by atoms with Crippen LogP contribution in [0.15, 0.2) is 48.5 Å². The predicted molar refractivity (Wildman–Crippen MR) is 151 cm³/mol. The number of rotatable bonds is 6. The average Bonchev–Trinajstić information content (AvgIpc) is 3.28. The molecule has 4 amide bonds. The lowest BCUT2D eigenvalue weighted by Crippen LogP contribution is -2.60. The van der Waals surface area contributed by atoms with Gasteiger partial charge in [-0.3, -0.25) is 9.69 Å². The number of carbonyl (C=O) groups is 4. The molecule has 1 fully saturated rings. The first-order valence-corrected chi connectivity index (χ1v) is 13.8. The van der Waals surface area contributed by atoms with Gasteiger partial charge in [0, 0.05) is 26.2 Å². The highest BCUT2D eigenvalue weighted by atomic mass is 16.6. The first-order chi connectivity index (χ1) is 19.6. The Bertz CT molecular complexity index is 1240. The number of carbonyl (C=O) groups excluding carboxylic acids is 4. The summed E-state index contributed by atoms with van der Waals surface area (Å²) in [4.78, 5) is 57.2. The molecule has 0 saturated carbocycles. The summed E-state index contributed by atoms with van der Waals surface area (Å²) in [5, 5.41) is 2.69. The number of amides is 4. The predicted octanol–water partition coefficient (Wildman–Crippen LogP) is 4.02. The summed E-state index contributed by atoms with van der Waals surface area (Å²) in [5.41, 5.74) is 2.86. The van der Waals surface area contributed by atoms with Crippen LogP contribution >= 0.6 is 0 Å². The van der Waals surface area contributed by atoms with Crippen molar-refractivity contribution < 1.29 is 33.4 Å². The number of nitrogens with zero attached hydrogens (tertiary/aromatic N) is 3. The average molecular weight is 567 g/mol. The normalized spacial score (nSPS) is 15.3. The third-order valence-corrected chi connectivity index (χ3v) is 7.04. The van der Waals surface area contributed by atoms with Gasteiger partial charge in [-0.15, -0.1) is 0 Å². The van der Waals surface area contributed by atoms with Gasteiger partial charge in [0.1, 0.15) is 11.6 Å². The fourth-order valence-electron chi connectivity index (χ4n) is 5.28. The third-order valence-electron chi connectivity index (χ3n) is 7.04. The topological polar surface area (TPSA) is 118 Å². The molecule has 11 heteroatoms. The molecule has 0 aromatic heterocycles. The minimum atomic E-state index is -1.13. The van der Waals surface area contributed by atoms with E-state index >= 15 is 0 Å². The number of methoxy groups -OCH3 is 1. The summed E-state index contributed by atoms with van der Waals surface area (Å²) in [6.45, 7) is 8.06. The van der Waals surface area contributed by atoms with E-state index in [1.807, 2.05) is 48.5 Å². The molecule has 41 heavy (non-hydrogen) atoms. The Balaban J connectivity index is 1.69. The second kappa shape index (κ2) is 12.5. The summed E-state index contributed by atoms with van der Waals surface area (Å²) < 4.78 is 15.8. The van der Waals surface area contributed by atoms with Gasteiger partial charge in [0.05, 0.1) is 26.3 Å². The molecule has 2 aliphatic rings. The van der Waals surface area contributed by atoms with Crippen LogP contribution in [-0.2, 0) is 19.0 Å². The fraction of sp³-hybridized carbons (Fsp3) is 0.467. The molecule has 0 radical (unpaired) electrons. The molecule has 1 N–H and O–H groups in total. The Morgan fingerprint density at radius 1 is 0.927 bits per heavy atom. The van der Waals surface area contributed by atoms with Crippen molar-refractivity contribution >= 4 is 24.2 Å². The number of piperazine rings is 1. The number of hydrogen-bond acceptors (Lipinski definition) is 7. The smallest absolute Gasteiger partial charge is 0.411 e. The van der Waals surface area contributed by atoms with Gasteiger partial charge in [0.25, 0.3) is 0 Å². The maximum atomic E-state index is 14.2. The van der Waals surface area contributed by atoms with Crippen LogP contribution < -0.4 is 5.32 Å².